The van der Waals surface area contributed by atoms with Gasteiger partial charge in [0.15, 0.2) is 0 Å². The maximum atomic E-state index is 12.5. The molecule has 7 heteroatoms. The fourth-order valence-electron chi connectivity index (χ4n) is 2.54. The van der Waals surface area contributed by atoms with E-state index >= 15 is 0 Å². The second-order valence-corrected chi connectivity index (χ2v) is 6.01. The lowest BCUT2D eigenvalue weighted by molar-refractivity contribution is -0.143. The highest BCUT2D eigenvalue weighted by atomic mass is 35.5. The maximum Gasteiger partial charge on any atom is 0.321 e. The van der Waals surface area contributed by atoms with E-state index in [1.54, 1.807) is 36.1 Å². The number of rotatable bonds is 7. The third kappa shape index (κ3) is 6.02. The zero-order valence-corrected chi connectivity index (χ0v) is 14.6. The minimum Gasteiger partial charge on any atom is -0.466 e. The standard InChI is InChI=1S/C17H23ClN2O4/c1-2-23-16(21)8-9-20(12-15-7-4-10-24-15)17(22)19-14-6-3-5-13(18)11-14/h3,5-6,11,15H,2,4,7-10,12H2,1H3,(H,19,22). The monoisotopic (exact) mass is 354 g/mol. The fourth-order valence-corrected chi connectivity index (χ4v) is 2.73. The Morgan fingerprint density at radius 1 is 1.46 bits per heavy atom. The number of urea groups is 1. The van der Waals surface area contributed by atoms with Crippen LogP contribution in [0.25, 0.3) is 0 Å². The van der Waals surface area contributed by atoms with Crippen LogP contribution in [0.4, 0.5) is 10.5 Å². The van der Waals surface area contributed by atoms with Gasteiger partial charge < -0.3 is 19.7 Å². The van der Waals surface area contributed by atoms with Crippen LogP contribution in [-0.2, 0) is 14.3 Å². The van der Waals surface area contributed by atoms with Gasteiger partial charge in [0.25, 0.3) is 0 Å². The van der Waals surface area contributed by atoms with Gasteiger partial charge in [-0.15, -0.1) is 0 Å². The molecule has 24 heavy (non-hydrogen) atoms. The molecule has 6 nitrogen and oxygen atoms in total. The van der Waals surface area contributed by atoms with Crippen LogP contribution in [0, 0.1) is 0 Å². The normalized spacial score (nSPS) is 16.7. The average Bonchev–Trinajstić information content (AvgIpc) is 3.04. The van der Waals surface area contributed by atoms with Crippen molar-refractivity contribution in [3.63, 3.8) is 0 Å². The van der Waals surface area contributed by atoms with E-state index in [0.717, 1.165) is 12.8 Å². The van der Waals surface area contributed by atoms with Crippen LogP contribution >= 0.6 is 11.6 Å². The summed E-state index contributed by atoms with van der Waals surface area (Å²) in [4.78, 5) is 25.7. The highest BCUT2D eigenvalue weighted by Gasteiger charge is 2.23. The fraction of sp³-hybridized carbons (Fsp3) is 0.529. The van der Waals surface area contributed by atoms with Gasteiger partial charge in [0.1, 0.15) is 0 Å². The van der Waals surface area contributed by atoms with E-state index in [1.807, 2.05) is 0 Å². The Hall–Kier alpha value is -1.79. The number of anilines is 1. The van der Waals surface area contributed by atoms with Crippen LogP contribution in [-0.4, -0.2) is 49.3 Å². The number of nitrogens with zero attached hydrogens (tertiary/aromatic N) is 1. The second kappa shape index (κ2) is 9.49. The molecule has 1 aromatic carbocycles. The van der Waals surface area contributed by atoms with E-state index in [4.69, 9.17) is 21.1 Å². The predicted molar refractivity (Wildman–Crippen MR) is 92.3 cm³/mol. The number of nitrogens with one attached hydrogen (secondary N) is 1. The summed E-state index contributed by atoms with van der Waals surface area (Å²) in [5.41, 5.74) is 0.612. The first kappa shape index (κ1) is 18.5. The molecule has 0 bridgehead atoms. The van der Waals surface area contributed by atoms with E-state index in [-0.39, 0.29) is 31.1 Å². The van der Waals surface area contributed by atoms with Gasteiger partial charge in [-0.2, -0.15) is 0 Å². The van der Waals surface area contributed by atoms with Gasteiger partial charge in [0.05, 0.1) is 19.1 Å². The van der Waals surface area contributed by atoms with Crippen LogP contribution < -0.4 is 5.32 Å². The molecule has 0 aliphatic carbocycles. The summed E-state index contributed by atoms with van der Waals surface area (Å²) in [5, 5.41) is 3.35. The van der Waals surface area contributed by atoms with Crippen molar-refractivity contribution in [2.24, 2.45) is 0 Å². The van der Waals surface area contributed by atoms with Gasteiger partial charge in [-0.3, -0.25) is 4.79 Å². The summed E-state index contributed by atoms with van der Waals surface area (Å²) in [7, 11) is 0. The first-order valence-corrected chi connectivity index (χ1v) is 8.55. The molecule has 2 rings (SSSR count). The largest absolute Gasteiger partial charge is 0.466 e. The quantitative estimate of drug-likeness (QED) is 0.763. The summed E-state index contributed by atoms with van der Waals surface area (Å²) in [5.74, 6) is -0.314. The minimum atomic E-state index is -0.314. The number of benzene rings is 1. The minimum absolute atomic E-state index is 0.0114. The van der Waals surface area contributed by atoms with Crippen molar-refractivity contribution in [1.82, 2.24) is 4.90 Å². The van der Waals surface area contributed by atoms with Crippen LogP contribution in [0.15, 0.2) is 24.3 Å². The third-order valence-electron chi connectivity index (χ3n) is 3.70. The smallest absolute Gasteiger partial charge is 0.321 e. The van der Waals surface area contributed by atoms with Crippen LogP contribution in [0.1, 0.15) is 26.2 Å². The third-order valence-corrected chi connectivity index (χ3v) is 3.94. The molecule has 1 atom stereocenters. The molecule has 0 saturated carbocycles. The highest BCUT2D eigenvalue weighted by molar-refractivity contribution is 6.30. The van der Waals surface area contributed by atoms with Crippen molar-refractivity contribution in [2.75, 3.05) is 31.6 Å². The van der Waals surface area contributed by atoms with Crippen molar-refractivity contribution in [1.29, 1.82) is 0 Å². The molecule has 1 fully saturated rings. The Bertz CT molecular complexity index is 561. The Balaban J connectivity index is 1.96. The Morgan fingerprint density at radius 2 is 2.29 bits per heavy atom. The van der Waals surface area contributed by atoms with E-state index < -0.39 is 0 Å². The molecular weight excluding hydrogens is 332 g/mol. The predicted octanol–water partition coefficient (Wildman–Crippen LogP) is 3.31. The zero-order valence-electron chi connectivity index (χ0n) is 13.8. The molecule has 1 aliphatic rings. The molecule has 132 valence electrons. The topological polar surface area (TPSA) is 67.9 Å². The number of ether oxygens (including phenoxy) is 2. The van der Waals surface area contributed by atoms with Gasteiger partial charge in [0.2, 0.25) is 0 Å². The van der Waals surface area contributed by atoms with Crippen LogP contribution in [0.3, 0.4) is 0 Å². The van der Waals surface area contributed by atoms with Gasteiger partial charge in [0, 0.05) is 30.4 Å². The number of hydrogen-bond acceptors (Lipinski definition) is 4. The van der Waals surface area contributed by atoms with E-state index in [1.165, 1.54) is 0 Å². The second-order valence-electron chi connectivity index (χ2n) is 5.58. The molecule has 0 aromatic heterocycles. The van der Waals surface area contributed by atoms with E-state index in [9.17, 15) is 9.59 Å². The lowest BCUT2D eigenvalue weighted by Crippen LogP contribution is -2.41. The zero-order chi connectivity index (χ0) is 17.4. The number of amides is 2. The molecule has 0 radical (unpaired) electrons. The summed E-state index contributed by atoms with van der Waals surface area (Å²) in [6.45, 7) is 3.54. The van der Waals surface area contributed by atoms with Gasteiger partial charge in [-0.1, -0.05) is 17.7 Å². The first-order valence-electron chi connectivity index (χ1n) is 8.17. The molecule has 0 spiro atoms. The van der Waals surface area contributed by atoms with Gasteiger partial charge in [-0.05, 0) is 38.0 Å². The lowest BCUT2D eigenvalue weighted by Gasteiger charge is -2.25. The molecule has 1 unspecified atom stereocenters. The molecule has 1 aromatic rings. The SMILES string of the molecule is CCOC(=O)CCN(CC1CCCO1)C(=O)Nc1cccc(Cl)c1. The Kier molecular flexibility index (Phi) is 7.34. The van der Waals surface area contributed by atoms with E-state index in [0.29, 0.717) is 30.5 Å². The average molecular weight is 355 g/mol. The molecule has 1 aliphatic heterocycles. The summed E-state index contributed by atoms with van der Waals surface area (Å²) < 4.78 is 10.5. The van der Waals surface area contributed by atoms with Gasteiger partial charge in [-0.25, -0.2) is 4.79 Å². The van der Waals surface area contributed by atoms with E-state index in [2.05, 4.69) is 5.32 Å². The number of esters is 1. The number of hydrogen-bond donors (Lipinski definition) is 1. The van der Waals surface area contributed by atoms with Crippen molar-refractivity contribution in [2.45, 2.75) is 32.3 Å². The molecule has 1 heterocycles. The Labute approximate surface area is 147 Å². The lowest BCUT2D eigenvalue weighted by atomic mass is 10.2. The summed E-state index contributed by atoms with van der Waals surface area (Å²) in [6, 6.07) is 6.66. The van der Waals surface area contributed by atoms with Crippen LogP contribution in [0.5, 0.6) is 0 Å². The van der Waals surface area contributed by atoms with Crippen LogP contribution in [0.2, 0.25) is 5.02 Å². The van der Waals surface area contributed by atoms with Crippen molar-refractivity contribution >= 4 is 29.3 Å². The summed E-state index contributed by atoms with van der Waals surface area (Å²) in [6.07, 6.45) is 2.08. The maximum absolute atomic E-state index is 12.5. The first-order chi connectivity index (χ1) is 11.6. The number of carbonyl (C=O) groups is 2. The number of halogens is 1. The summed E-state index contributed by atoms with van der Waals surface area (Å²) >= 11 is 5.94. The molecular formula is C17H23ClN2O4. The Morgan fingerprint density at radius 3 is 2.96 bits per heavy atom. The van der Waals surface area contributed by atoms with Crippen molar-refractivity contribution in [3.05, 3.63) is 29.3 Å². The highest BCUT2D eigenvalue weighted by Crippen LogP contribution is 2.17. The molecule has 1 N–H and O–H groups in total. The van der Waals surface area contributed by atoms with Crippen molar-refractivity contribution in [3.8, 4) is 0 Å². The molecule has 2 amide bonds. The number of carbonyl (C=O) groups excluding carboxylic acids is 2. The van der Waals surface area contributed by atoms with Gasteiger partial charge >= 0.3 is 12.0 Å². The molecule has 1 saturated heterocycles. The van der Waals surface area contributed by atoms with Crippen molar-refractivity contribution < 1.29 is 19.1 Å².